The lowest BCUT2D eigenvalue weighted by Gasteiger charge is -2.41. The molecule has 1 unspecified atom stereocenters. The van der Waals surface area contributed by atoms with Crippen LogP contribution in [-0.2, 0) is 10.3 Å². The number of aliphatic hydroxyl groups is 1. The number of rotatable bonds is 1. The number of hydrogen-bond acceptors (Lipinski definition) is 3. The zero-order valence-electron chi connectivity index (χ0n) is 8.62. The van der Waals surface area contributed by atoms with Crippen LogP contribution >= 0.6 is 11.3 Å². The highest BCUT2D eigenvalue weighted by atomic mass is 32.1. The molecule has 1 aromatic rings. The van der Waals surface area contributed by atoms with Crippen molar-refractivity contribution in [3.8, 4) is 0 Å². The Morgan fingerprint density at radius 3 is 2.86 bits per heavy atom. The summed E-state index contributed by atoms with van der Waals surface area (Å²) in [5, 5.41) is 12.5. The van der Waals surface area contributed by atoms with Crippen LogP contribution in [0, 0.1) is 0 Å². The molecule has 0 saturated carbocycles. The van der Waals surface area contributed by atoms with Gasteiger partial charge in [-0.1, -0.05) is 6.07 Å². The molecule has 0 bridgehead atoms. The molecule has 0 aromatic carbocycles. The topological polar surface area (TPSA) is 29.5 Å². The smallest absolute Gasteiger partial charge is 0.104 e. The van der Waals surface area contributed by atoms with Crippen molar-refractivity contribution in [2.75, 3.05) is 6.61 Å². The molecule has 0 amide bonds. The zero-order valence-corrected chi connectivity index (χ0v) is 9.43. The molecule has 78 valence electrons. The van der Waals surface area contributed by atoms with Crippen molar-refractivity contribution in [1.29, 1.82) is 0 Å². The second-order valence-corrected chi connectivity index (χ2v) is 5.49. The molecule has 0 aliphatic carbocycles. The predicted octanol–water partition coefficient (Wildman–Crippen LogP) is 2.52. The molecule has 1 atom stereocenters. The molecule has 2 heterocycles. The van der Waals surface area contributed by atoms with Crippen molar-refractivity contribution in [3.05, 3.63) is 22.4 Å². The molecule has 14 heavy (non-hydrogen) atoms. The van der Waals surface area contributed by atoms with Crippen LogP contribution in [-0.4, -0.2) is 17.3 Å². The summed E-state index contributed by atoms with van der Waals surface area (Å²) in [5.74, 6) is 0. The third-order valence-electron chi connectivity index (χ3n) is 2.71. The fraction of sp³-hybridized carbons (Fsp3) is 0.636. The molecule has 0 radical (unpaired) electrons. The van der Waals surface area contributed by atoms with E-state index in [1.54, 1.807) is 11.3 Å². The molecule has 1 N–H and O–H groups in total. The van der Waals surface area contributed by atoms with Crippen LogP contribution < -0.4 is 0 Å². The van der Waals surface area contributed by atoms with Gasteiger partial charge in [-0.2, -0.15) is 0 Å². The molecule has 1 aromatic heterocycles. The summed E-state index contributed by atoms with van der Waals surface area (Å²) in [6.45, 7) is 4.71. The molecule has 2 rings (SSSR count). The molecule has 3 heteroatoms. The van der Waals surface area contributed by atoms with Crippen LogP contribution in [0.5, 0.6) is 0 Å². The Kier molecular flexibility index (Phi) is 2.41. The van der Waals surface area contributed by atoms with E-state index < -0.39 is 5.60 Å². The second-order valence-electron chi connectivity index (χ2n) is 4.54. The lowest BCUT2D eigenvalue weighted by atomic mass is 9.83. The van der Waals surface area contributed by atoms with Gasteiger partial charge in [-0.3, -0.25) is 0 Å². The average molecular weight is 212 g/mol. The minimum absolute atomic E-state index is 0.211. The Morgan fingerprint density at radius 2 is 2.29 bits per heavy atom. The van der Waals surface area contributed by atoms with Crippen molar-refractivity contribution in [2.45, 2.75) is 37.9 Å². The molecule has 1 fully saturated rings. The first-order valence-electron chi connectivity index (χ1n) is 4.92. The minimum atomic E-state index is -0.671. The Bertz CT molecular complexity index is 305. The first-order valence-corrected chi connectivity index (χ1v) is 5.80. The van der Waals surface area contributed by atoms with E-state index in [1.165, 1.54) is 0 Å². The molecular weight excluding hydrogens is 196 g/mol. The number of thiophene rings is 1. The zero-order chi connectivity index (χ0) is 10.2. The maximum Gasteiger partial charge on any atom is 0.104 e. The fourth-order valence-corrected chi connectivity index (χ4v) is 2.95. The van der Waals surface area contributed by atoms with Crippen molar-refractivity contribution in [1.82, 2.24) is 0 Å². The highest BCUT2D eigenvalue weighted by Crippen LogP contribution is 2.40. The van der Waals surface area contributed by atoms with Gasteiger partial charge in [-0.15, -0.1) is 11.3 Å². The number of ether oxygens (including phenoxy) is 1. The lowest BCUT2D eigenvalue weighted by Crippen LogP contribution is -2.43. The van der Waals surface area contributed by atoms with Crippen LogP contribution in [0.2, 0.25) is 0 Å². The SMILES string of the molecule is CC1(C)CC(O)(c2cccs2)CCO1. The van der Waals surface area contributed by atoms with Gasteiger partial charge >= 0.3 is 0 Å². The molecule has 0 spiro atoms. The maximum atomic E-state index is 10.5. The van der Waals surface area contributed by atoms with Gasteiger partial charge in [-0.25, -0.2) is 0 Å². The molecule has 2 nitrogen and oxygen atoms in total. The van der Waals surface area contributed by atoms with Crippen molar-refractivity contribution in [2.24, 2.45) is 0 Å². The summed E-state index contributed by atoms with van der Waals surface area (Å²) in [6.07, 6.45) is 1.39. The predicted molar refractivity (Wildman–Crippen MR) is 57.5 cm³/mol. The second kappa shape index (κ2) is 3.33. The highest BCUT2D eigenvalue weighted by Gasteiger charge is 2.41. The van der Waals surface area contributed by atoms with Crippen molar-refractivity contribution >= 4 is 11.3 Å². The van der Waals surface area contributed by atoms with Gasteiger partial charge in [0.05, 0.1) is 12.2 Å². The van der Waals surface area contributed by atoms with E-state index in [0.717, 1.165) is 4.88 Å². The van der Waals surface area contributed by atoms with Crippen LogP contribution in [0.4, 0.5) is 0 Å². The summed E-state index contributed by atoms with van der Waals surface area (Å²) in [6, 6.07) is 3.99. The minimum Gasteiger partial charge on any atom is -0.384 e. The van der Waals surface area contributed by atoms with E-state index in [-0.39, 0.29) is 5.60 Å². The van der Waals surface area contributed by atoms with Gasteiger partial charge in [0.1, 0.15) is 5.60 Å². The van der Waals surface area contributed by atoms with E-state index in [1.807, 2.05) is 31.4 Å². The third-order valence-corrected chi connectivity index (χ3v) is 3.77. The van der Waals surface area contributed by atoms with Gasteiger partial charge in [0, 0.05) is 17.7 Å². The number of hydrogen-bond donors (Lipinski definition) is 1. The molecule has 1 aliphatic rings. The van der Waals surface area contributed by atoms with Crippen LogP contribution in [0.1, 0.15) is 31.6 Å². The van der Waals surface area contributed by atoms with E-state index in [9.17, 15) is 5.11 Å². The summed E-state index contributed by atoms with van der Waals surface area (Å²) in [7, 11) is 0. The van der Waals surface area contributed by atoms with Crippen molar-refractivity contribution in [3.63, 3.8) is 0 Å². The largest absolute Gasteiger partial charge is 0.384 e. The monoisotopic (exact) mass is 212 g/mol. The summed E-state index contributed by atoms with van der Waals surface area (Å²) in [4.78, 5) is 1.06. The fourth-order valence-electron chi connectivity index (χ4n) is 2.09. The van der Waals surface area contributed by atoms with Gasteiger partial charge in [0.2, 0.25) is 0 Å². The quantitative estimate of drug-likeness (QED) is 0.775. The first-order chi connectivity index (χ1) is 6.52. The molecular formula is C11H16O2S. The van der Waals surface area contributed by atoms with E-state index >= 15 is 0 Å². The van der Waals surface area contributed by atoms with E-state index in [2.05, 4.69) is 0 Å². The van der Waals surface area contributed by atoms with E-state index in [0.29, 0.717) is 19.4 Å². The van der Waals surface area contributed by atoms with Crippen LogP contribution in [0.25, 0.3) is 0 Å². The van der Waals surface area contributed by atoms with Gasteiger partial charge in [-0.05, 0) is 25.3 Å². The third kappa shape index (κ3) is 1.85. The Balaban J connectivity index is 2.24. The molecule has 1 saturated heterocycles. The van der Waals surface area contributed by atoms with E-state index in [4.69, 9.17) is 4.74 Å². The van der Waals surface area contributed by atoms with Gasteiger partial charge in [0.25, 0.3) is 0 Å². The van der Waals surface area contributed by atoms with Gasteiger partial charge < -0.3 is 9.84 Å². The Morgan fingerprint density at radius 1 is 1.50 bits per heavy atom. The maximum absolute atomic E-state index is 10.5. The summed E-state index contributed by atoms with van der Waals surface area (Å²) >= 11 is 1.62. The van der Waals surface area contributed by atoms with Crippen LogP contribution in [0.15, 0.2) is 17.5 Å². The highest BCUT2D eigenvalue weighted by molar-refractivity contribution is 7.10. The first kappa shape index (κ1) is 10.1. The lowest BCUT2D eigenvalue weighted by molar-refractivity contribution is -0.146. The Hall–Kier alpha value is -0.380. The van der Waals surface area contributed by atoms with Crippen LogP contribution in [0.3, 0.4) is 0 Å². The average Bonchev–Trinajstić information content (AvgIpc) is 2.52. The standard InChI is InChI=1S/C11H16O2S/c1-10(2)8-11(12,5-6-13-10)9-4-3-7-14-9/h3-4,7,12H,5-6,8H2,1-2H3. The van der Waals surface area contributed by atoms with Crippen molar-refractivity contribution < 1.29 is 9.84 Å². The van der Waals surface area contributed by atoms with Gasteiger partial charge in [0.15, 0.2) is 0 Å². The normalized spacial score (nSPS) is 31.6. The Labute approximate surface area is 88.5 Å². The summed E-state index contributed by atoms with van der Waals surface area (Å²) in [5.41, 5.74) is -0.882. The summed E-state index contributed by atoms with van der Waals surface area (Å²) < 4.78 is 5.60. The molecule has 1 aliphatic heterocycles.